The number of carbonyl (C=O) groups excluding carboxylic acids is 3. The van der Waals surface area contributed by atoms with Crippen molar-refractivity contribution >= 4 is 29.5 Å². The standard InChI is InChI=1S/C37H41N3O4S/c1-36(2,3)44-33(41)25-39-35(43)32(24-27-16-8-4-9-17-27)40-34(42)31(38)26-45-37(28-18-10-5-11-19-28,29-20-12-6-13-21-29)30-22-14-7-15-23-30/h4-23,31-32H,24-26,38H2,1-3H3,(H,39,43)(H,40,42)/t31-,32+/m0/s1. The largest absolute Gasteiger partial charge is 0.459 e. The summed E-state index contributed by atoms with van der Waals surface area (Å²) in [6.45, 7) is 4.96. The summed E-state index contributed by atoms with van der Waals surface area (Å²) in [5.41, 5.74) is 9.90. The van der Waals surface area contributed by atoms with Crippen molar-refractivity contribution in [3.63, 3.8) is 0 Å². The number of ether oxygens (including phenoxy) is 1. The van der Waals surface area contributed by atoms with Gasteiger partial charge >= 0.3 is 5.97 Å². The molecule has 0 saturated heterocycles. The topological polar surface area (TPSA) is 111 Å². The van der Waals surface area contributed by atoms with E-state index < -0.39 is 40.2 Å². The monoisotopic (exact) mass is 623 g/mol. The first-order valence-electron chi connectivity index (χ1n) is 15.0. The van der Waals surface area contributed by atoms with Gasteiger partial charge in [0, 0.05) is 12.2 Å². The van der Waals surface area contributed by atoms with E-state index in [0.717, 1.165) is 22.3 Å². The number of hydrogen-bond donors (Lipinski definition) is 3. The van der Waals surface area contributed by atoms with Crippen molar-refractivity contribution < 1.29 is 19.1 Å². The van der Waals surface area contributed by atoms with Crippen molar-refractivity contribution in [3.05, 3.63) is 144 Å². The van der Waals surface area contributed by atoms with Crippen LogP contribution in [0.2, 0.25) is 0 Å². The minimum absolute atomic E-state index is 0.231. The van der Waals surface area contributed by atoms with Gasteiger partial charge in [0.2, 0.25) is 11.8 Å². The number of carbonyl (C=O) groups is 3. The molecule has 4 aromatic rings. The van der Waals surface area contributed by atoms with Gasteiger partial charge in [-0.1, -0.05) is 121 Å². The molecule has 0 radical (unpaired) electrons. The van der Waals surface area contributed by atoms with Crippen LogP contribution in [0.3, 0.4) is 0 Å². The average Bonchev–Trinajstić information content (AvgIpc) is 3.04. The summed E-state index contributed by atoms with van der Waals surface area (Å²) in [4.78, 5) is 39.1. The fourth-order valence-corrected chi connectivity index (χ4v) is 6.55. The molecule has 0 fully saturated rings. The Bertz CT molecular complexity index is 1430. The molecule has 4 N–H and O–H groups in total. The van der Waals surface area contributed by atoms with E-state index in [1.54, 1.807) is 32.5 Å². The first-order chi connectivity index (χ1) is 21.6. The predicted molar refractivity (Wildman–Crippen MR) is 181 cm³/mol. The van der Waals surface area contributed by atoms with Gasteiger partial charge in [-0.15, -0.1) is 11.8 Å². The SMILES string of the molecule is CC(C)(C)OC(=O)CNC(=O)[C@@H](Cc1ccccc1)NC(=O)[C@@H](N)CSC(c1ccccc1)(c1ccccc1)c1ccccc1. The van der Waals surface area contributed by atoms with E-state index >= 15 is 0 Å². The zero-order valence-electron chi connectivity index (χ0n) is 25.9. The fourth-order valence-electron chi connectivity index (χ4n) is 5.06. The maximum atomic E-state index is 13.6. The summed E-state index contributed by atoms with van der Waals surface area (Å²) >= 11 is 1.58. The normalized spacial score (nSPS) is 12.9. The van der Waals surface area contributed by atoms with E-state index in [0.29, 0.717) is 0 Å². The van der Waals surface area contributed by atoms with Crippen molar-refractivity contribution in [1.29, 1.82) is 0 Å². The van der Waals surface area contributed by atoms with Crippen molar-refractivity contribution in [2.75, 3.05) is 12.3 Å². The molecule has 4 rings (SSSR count). The van der Waals surface area contributed by atoms with Crippen LogP contribution < -0.4 is 16.4 Å². The highest BCUT2D eigenvalue weighted by atomic mass is 32.2. The Kier molecular flexibility index (Phi) is 11.6. The second kappa shape index (κ2) is 15.5. The highest BCUT2D eigenvalue weighted by molar-refractivity contribution is 8.00. The molecule has 8 heteroatoms. The number of nitrogens with one attached hydrogen (secondary N) is 2. The van der Waals surface area contributed by atoms with E-state index in [9.17, 15) is 14.4 Å². The Morgan fingerprint density at radius 1 is 0.711 bits per heavy atom. The molecule has 0 aromatic heterocycles. The Balaban J connectivity index is 1.55. The summed E-state index contributed by atoms with van der Waals surface area (Å²) < 4.78 is 4.67. The van der Waals surface area contributed by atoms with Gasteiger partial charge in [-0.2, -0.15) is 0 Å². The number of thioether (sulfide) groups is 1. The molecule has 45 heavy (non-hydrogen) atoms. The molecule has 0 heterocycles. The molecule has 2 atom stereocenters. The predicted octanol–water partition coefficient (Wildman–Crippen LogP) is 5.22. The third kappa shape index (κ3) is 9.30. The van der Waals surface area contributed by atoms with Crippen LogP contribution in [0.25, 0.3) is 0 Å². The third-order valence-corrected chi connectivity index (χ3v) is 8.77. The molecule has 0 spiro atoms. The van der Waals surface area contributed by atoms with Crippen molar-refractivity contribution in [3.8, 4) is 0 Å². The van der Waals surface area contributed by atoms with Crippen LogP contribution in [-0.2, 0) is 30.3 Å². The Morgan fingerprint density at radius 3 is 1.60 bits per heavy atom. The van der Waals surface area contributed by atoms with E-state index in [2.05, 4.69) is 47.0 Å². The zero-order chi connectivity index (χ0) is 32.3. The molecule has 0 unspecified atom stereocenters. The summed E-state index contributed by atoms with van der Waals surface area (Å²) in [7, 11) is 0. The second-order valence-corrected chi connectivity index (χ2v) is 13.0. The molecule has 0 aliphatic heterocycles. The minimum atomic E-state index is -0.944. The summed E-state index contributed by atoms with van der Waals surface area (Å²) in [6.07, 6.45) is 0.231. The van der Waals surface area contributed by atoms with E-state index in [-0.39, 0.29) is 18.7 Å². The first-order valence-corrected chi connectivity index (χ1v) is 16.0. The molecular weight excluding hydrogens is 582 g/mol. The summed E-state index contributed by atoms with van der Waals surface area (Å²) in [5.74, 6) is -1.25. The number of amides is 2. The van der Waals surface area contributed by atoms with Crippen LogP contribution >= 0.6 is 11.8 Å². The van der Waals surface area contributed by atoms with Crippen LogP contribution in [0.5, 0.6) is 0 Å². The fraction of sp³-hybridized carbons (Fsp3) is 0.270. The molecule has 2 amide bonds. The van der Waals surface area contributed by atoms with Crippen LogP contribution in [-0.4, -0.2) is 47.8 Å². The second-order valence-electron chi connectivity index (χ2n) is 11.8. The third-order valence-electron chi connectivity index (χ3n) is 7.10. The Morgan fingerprint density at radius 2 is 1.16 bits per heavy atom. The Hall–Kier alpha value is -4.40. The highest BCUT2D eigenvalue weighted by Crippen LogP contribution is 2.48. The number of esters is 1. The number of benzene rings is 4. The Labute approximate surface area is 270 Å². The van der Waals surface area contributed by atoms with Gasteiger partial charge in [-0.05, 0) is 43.0 Å². The maximum absolute atomic E-state index is 13.6. The van der Waals surface area contributed by atoms with E-state index in [1.807, 2.05) is 84.9 Å². The number of hydrogen-bond acceptors (Lipinski definition) is 6. The number of rotatable bonds is 13. The van der Waals surface area contributed by atoms with Crippen molar-refractivity contribution in [1.82, 2.24) is 10.6 Å². The molecule has 7 nitrogen and oxygen atoms in total. The molecule has 0 saturated carbocycles. The van der Waals surface area contributed by atoms with Gasteiger partial charge in [0.25, 0.3) is 0 Å². The lowest BCUT2D eigenvalue weighted by Gasteiger charge is -2.36. The molecular formula is C37H41N3O4S. The quantitative estimate of drug-likeness (QED) is 0.139. The van der Waals surface area contributed by atoms with Crippen LogP contribution in [0.1, 0.15) is 43.0 Å². The molecule has 234 valence electrons. The lowest BCUT2D eigenvalue weighted by Crippen LogP contribution is -2.54. The maximum Gasteiger partial charge on any atom is 0.325 e. The summed E-state index contributed by atoms with van der Waals surface area (Å²) in [6, 6.07) is 38.0. The van der Waals surface area contributed by atoms with Crippen molar-refractivity contribution in [2.24, 2.45) is 5.73 Å². The number of nitrogens with two attached hydrogens (primary N) is 1. The van der Waals surface area contributed by atoms with E-state index in [4.69, 9.17) is 10.5 Å². The molecule has 4 aromatic carbocycles. The van der Waals surface area contributed by atoms with Crippen LogP contribution in [0.15, 0.2) is 121 Å². The zero-order valence-corrected chi connectivity index (χ0v) is 26.8. The molecule has 0 aliphatic carbocycles. The first kappa shape index (κ1) is 33.5. The van der Waals surface area contributed by atoms with Gasteiger partial charge < -0.3 is 21.1 Å². The van der Waals surface area contributed by atoms with Gasteiger partial charge in [-0.3, -0.25) is 14.4 Å². The minimum Gasteiger partial charge on any atom is -0.459 e. The van der Waals surface area contributed by atoms with Crippen LogP contribution in [0.4, 0.5) is 0 Å². The smallest absolute Gasteiger partial charge is 0.325 e. The van der Waals surface area contributed by atoms with Gasteiger partial charge in [-0.25, -0.2) is 0 Å². The van der Waals surface area contributed by atoms with Crippen LogP contribution in [0, 0.1) is 0 Å². The highest BCUT2D eigenvalue weighted by Gasteiger charge is 2.38. The summed E-state index contributed by atoms with van der Waals surface area (Å²) in [5, 5.41) is 5.47. The van der Waals surface area contributed by atoms with Gasteiger partial charge in [0.1, 0.15) is 18.2 Å². The van der Waals surface area contributed by atoms with Gasteiger partial charge in [0.15, 0.2) is 0 Å². The lowest BCUT2D eigenvalue weighted by atomic mass is 9.84. The van der Waals surface area contributed by atoms with E-state index in [1.165, 1.54) is 0 Å². The molecule has 0 aliphatic rings. The lowest BCUT2D eigenvalue weighted by molar-refractivity contribution is -0.154. The average molecular weight is 624 g/mol. The van der Waals surface area contributed by atoms with Crippen molar-refractivity contribution in [2.45, 2.75) is 49.6 Å². The molecule has 0 bridgehead atoms. The van der Waals surface area contributed by atoms with Gasteiger partial charge in [0.05, 0.1) is 10.8 Å².